The summed E-state index contributed by atoms with van der Waals surface area (Å²) in [6, 6.07) is 12.6. The maximum Gasteiger partial charge on any atom is 0.148 e. The molecular weight excluding hydrogens is 278 g/mol. The molecule has 1 aromatic carbocycles. The molecule has 4 rings (SSSR count). The van der Waals surface area contributed by atoms with Crippen LogP contribution in [0.4, 0.5) is 5.82 Å². The quantitative estimate of drug-likeness (QED) is 0.564. The van der Waals surface area contributed by atoms with Crippen LogP contribution in [0.5, 0.6) is 0 Å². The highest BCUT2D eigenvalue weighted by atomic mass is 32.1. The van der Waals surface area contributed by atoms with Crippen molar-refractivity contribution in [3.05, 3.63) is 53.0 Å². The highest BCUT2D eigenvalue weighted by Gasteiger charge is 2.15. The Bertz CT molecular complexity index is 978. The van der Waals surface area contributed by atoms with E-state index in [4.69, 9.17) is 10.7 Å². The van der Waals surface area contributed by atoms with Gasteiger partial charge in [0.25, 0.3) is 0 Å². The molecule has 0 saturated carbocycles. The van der Waals surface area contributed by atoms with Gasteiger partial charge in [-0.1, -0.05) is 23.8 Å². The summed E-state index contributed by atoms with van der Waals surface area (Å²) in [5, 5.41) is 3.26. The fourth-order valence-corrected chi connectivity index (χ4v) is 3.72. The van der Waals surface area contributed by atoms with Gasteiger partial charge in [0.05, 0.1) is 0 Å². The van der Waals surface area contributed by atoms with E-state index in [1.54, 1.807) is 11.3 Å². The first-order valence-electron chi connectivity index (χ1n) is 6.87. The monoisotopic (exact) mass is 293 g/mol. The fraction of sp³-hybridized carbons (Fsp3) is 0.118. The minimum Gasteiger partial charge on any atom is -0.383 e. The number of rotatable bonds is 1. The molecule has 0 aliphatic heterocycles. The van der Waals surface area contributed by atoms with Crippen molar-refractivity contribution in [2.24, 2.45) is 0 Å². The third-order valence-corrected chi connectivity index (χ3v) is 4.70. The van der Waals surface area contributed by atoms with Crippen LogP contribution in [0.25, 0.3) is 27.0 Å². The smallest absolute Gasteiger partial charge is 0.148 e. The largest absolute Gasteiger partial charge is 0.383 e. The van der Waals surface area contributed by atoms with Gasteiger partial charge in [-0.05, 0) is 37.4 Å². The molecule has 0 spiro atoms. The minimum absolute atomic E-state index is 0.709. The number of fused-ring (bicyclic) bond motifs is 3. The van der Waals surface area contributed by atoms with Crippen molar-refractivity contribution in [2.45, 2.75) is 13.8 Å². The molecule has 0 radical (unpaired) electrons. The number of aromatic nitrogens is 2. The summed E-state index contributed by atoms with van der Waals surface area (Å²) in [6.45, 7) is 4.15. The molecule has 2 N–H and O–H groups in total. The molecule has 3 heterocycles. The number of nitrogen functional groups attached to an aromatic ring is 1. The van der Waals surface area contributed by atoms with E-state index in [0.717, 1.165) is 28.0 Å². The molecule has 0 aliphatic carbocycles. The van der Waals surface area contributed by atoms with E-state index in [1.165, 1.54) is 10.3 Å². The highest BCUT2D eigenvalue weighted by molar-refractivity contribution is 7.17. The van der Waals surface area contributed by atoms with Gasteiger partial charge >= 0.3 is 0 Å². The van der Waals surface area contributed by atoms with Crippen LogP contribution in [0.15, 0.2) is 41.8 Å². The van der Waals surface area contributed by atoms with Crippen LogP contribution in [-0.4, -0.2) is 9.38 Å². The van der Waals surface area contributed by atoms with Crippen molar-refractivity contribution in [3.63, 3.8) is 0 Å². The molecule has 0 fully saturated rings. The van der Waals surface area contributed by atoms with Crippen molar-refractivity contribution >= 4 is 32.9 Å². The summed E-state index contributed by atoms with van der Waals surface area (Å²) in [5.74, 6) is 0.709. The van der Waals surface area contributed by atoms with Crippen LogP contribution in [0.1, 0.15) is 11.3 Å². The Balaban J connectivity index is 2.12. The summed E-state index contributed by atoms with van der Waals surface area (Å²) in [5.41, 5.74) is 11.6. The predicted molar refractivity (Wildman–Crippen MR) is 89.9 cm³/mol. The van der Waals surface area contributed by atoms with Crippen LogP contribution < -0.4 is 5.73 Å². The molecule has 3 nitrogen and oxygen atoms in total. The van der Waals surface area contributed by atoms with E-state index in [0.29, 0.717) is 5.82 Å². The number of hydrogen-bond donors (Lipinski definition) is 1. The summed E-state index contributed by atoms with van der Waals surface area (Å²) in [6.07, 6.45) is 0. The first-order valence-corrected chi connectivity index (χ1v) is 7.75. The molecule has 21 heavy (non-hydrogen) atoms. The number of benzene rings is 1. The summed E-state index contributed by atoms with van der Waals surface area (Å²) in [7, 11) is 0. The van der Waals surface area contributed by atoms with E-state index in [9.17, 15) is 0 Å². The molecule has 4 heteroatoms. The van der Waals surface area contributed by atoms with E-state index >= 15 is 0 Å². The van der Waals surface area contributed by atoms with Gasteiger partial charge in [0, 0.05) is 21.3 Å². The number of aryl methyl sites for hydroxylation is 2. The second-order valence-electron chi connectivity index (χ2n) is 5.36. The fourth-order valence-electron chi connectivity index (χ4n) is 2.85. The molecule has 0 aliphatic rings. The van der Waals surface area contributed by atoms with Crippen molar-refractivity contribution in [3.8, 4) is 11.3 Å². The van der Waals surface area contributed by atoms with Crippen LogP contribution >= 0.6 is 11.3 Å². The van der Waals surface area contributed by atoms with Gasteiger partial charge < -0.3 is 5.73 Å². The van der Waals surface area contributed by atoms with Crippen molar-refractivity contribution in [2.75, 3.05) is 5.73 Å². The molecular formula is C17H15N3S. The van der Waals surface area contributed by atoms with Crippen LogP contribution in [0.2, 0.25) is 0 Å². The normalized spacial score (nSPS) is 11.5. The van der Waals surface area contributed by atoms with Gasteiger partial charge in [-0.3, -0.25) is 4.40 Å². The molecule has 0 amide bonds. The Morgan fingerprint density at radius 1 is 1.14 bits per heavy atom. The Morgan fingerprint density at radius 3 is 2.81 bits per heavy atom. The maximum absolute atomic E-state index is 6.39. The van der Waals surface area contributed by atoms with E-state index in [-0.39, 0.29) is 0 Å². The summed E-state index contributed by atoms with van der Waals surface area (Å²) in [4.78, 5) is 4.83. The number of hydrogen-bond acceptors (Lipinski definition) is 3. The van der Waals surface area contributed by atoms with Crippen LogP contribution in [0.3, 0.4) is 0 Å². The lowest BCUT2D eigenvalue weighted by atomic mass is 10.1. The number of pyridine rings is 1. The Labute approximate surface area is 126 Å². The molecule has 0 saturated heterocycles. The first kappa shape index (κ1) is 12.4. The lowest BCUT2D eigenvalue weighted by Crippen LogP contribution is -1.97. The van der Waals surface area contributed by atoms with Gasteiger partial charge in [0.1, 0.15) is 17.2 Å². The van der Waals surface area contributed by atoms with E-state index < -0.39 is 0 Å². The SMILES string of the molecule is Cc1cccc(-c2nc3c4ccsc4cc(C)n3c2N)c1. The Morgan fingerprint density at radius 2 is 2.00 bits per heavy atom. The summed E-state index contributed by atoms with van der Waals surface area (Å²) < 4.78 is 3.30. The topological polar surface area (TPSA) is 43.3 Å². The van der Waals surface area contributed by atoms with Gasteiger partial charge in [-0.2, -0.15) is 0 Å². The molecule has 4 aromatic rings. The second-order valence-corrected chi connectivity index (χ2v) is 6.31. The standard InChI is InChI=1S/C17H15N3S/c1-10-4-3-5-12(8-10)15-16(18)20-11(2)9-14-13(6-7-21-14)17(20)19-15/h3-9H,18H2,1-2H3. The number of anilines is 1. The first-order chi connectivity index (χ1) is 10.1. The third-order valence-electron chi connectivity index (χ3n) is 3.83. The highest BCUT2D eigenvalue weighted by Crippen LogP contribution is 2.33. The molecule has 0 bridgehead atoms. The zero-order chi connectivity index (χ0) is 14.6. The van der Waals surface area contributed by atoms with Gasteiger partial charge in [0.2, 0.25) is 0 Å². The number of imidazole rings is 1. The molecule has 104 valence electrons. The number of nitrogens with two attached hydrogens (primary N) is 1. The number of thiophene rings is 1. The van der Waals surface area contributed by atoms with E-state index in [2.05, 4.69) is 49.6 Å². The van der Waals surface area contributed by atoms with Crippen molar-refractivity contribution in [1.82, 2.24) is 9.38 Å². The third kappa shape index (κ3) is 1.76. The lowest BCUT2D eigenvalue weighted by molar-refractivity contribution is 1.12. The Hall–Kier alpha value is -2.33. The second kappa shape index (κ2) is 4.33. The van der Waals surface area contributed by atoms with Crippen LogP contribution in [-0.2, 0) is 0 Å². The zero-order valence-corrected chi connectivity index (χ0v) is 12.7. The molecule has 0 unspecified atom stereocenters. The average Bonchev–Trinajstić information content (AvgIpc) is 3.03. The molecule has 3 aromatic heterocycles. The molecule has 0 atom stereocenters. The predicted octanol–water partition coefficient (Wildman–Crippen LogP) is 4.42. The van der Waals surface area contributed by atoms with Gasteiger partial charge in [-0.25, -0.2) is 4.98 Å². The van der Waals surface area contributed by atoms with Crippen molar-refractivity contribution in [1.29, 1.82) is 0 Å². The summed E-state index contributed by atoms with van der Waals surface area (Å²) >= 11 is 1.74. The van der Waals surface area contributed by atoms with Crippen molar-refractivity contribution < 1.29 is 0 Å². The van der Waals surface area contributed by atoms with Crippen LogP contribution in [0, 0.1) is 13.8 Å². The maximum atomic E-state index is 6.39. The minimum atomic E-state index is 0.709. The Kier molecular flexibility index (Phi) is 2.56. The average molecular weight is 293 g/mol. The van der Waals surface area contributed by atoms with Gasteiger partial charge in [0.15, 0.2) is 0 Å². The number of nitrogens with zero attached hydrogens (tertiary/aromatic N) is 2. The zero-order valence-electron chi connectivity index (χ0n) is 11.9. The van der Waals surface area contributed by atoms with Gasteiger partial charge in [-0.15, -0.1) is 11.3 Å². The van der Waals surface area contributed by atoms with E-state index in [1.807, 2.05) is 10.5 Å². The lowest BCUT2D eigenvalue weighted by Gasteiger charge is -2.04.